The number of carboxylic acids is 4. The zero-order valence-corrected chi connectivity index (χ0v) is 63.7. The summed E-state index contributed by atoms with van der Waals surface area (Å²) in [6.07, 6.45) is 17.2. The molecule has 6 aliphatic rings. The summed E-state index contributed by atoms with van der Waals surface area (Å²) in [5.41, 5.74) is 1.53. The van der Waals surface area contributed by atoms with Crippen molar-refractivity contribution >= 4 is 94.5 Å². The fourth-order valence-electron chi connectivity index (χ4n) is 13.8. The topological polar surface area (TPSA) is 373 Å². The molecular formula is C73H95Co3N5O20S2. The van der Waals surface area contributed by atoms with Gasteiger partial charge in [-0.1, -0.05) is 130 Å². The number of aliphatic carboxylic acids is 4. The Balaban J connectivity index is 0.00000125. The van der Waals surface area contributed by atoms with Gasteiger partial charge in [0.1, 0.15) is 36.1 Å². The fourth-order valence-corrected chi connectivity index (χ4v) is 13.8. The minimum atomic E-state index is -0.998. The van der Waals surface area contributed by atoms with Crippen molar-refractivity contribution < 1.29 is 147 Å². The number of hydrogen-bond donors (Lipinski definition) is 0. The van der Waals surface area contributed by atoms with Crippen molar-refractivity contribution in [2.45, 2.75) is 215 Å². The Bertz CT molecular complexity index is 2790. The number of nitrogens with zero attached hydrogens (tertiary/aromatic N) is 5. The van der Waals surface area contributed by atoms with Crippen LogP contribution in [0.2, 0.25) is 0 Å². The van der Waals surface area contributed by atoms with Gasteiger partial charge >= 0.3 is 86.2 Å². The normalized spacial score (nSPS) is 22.6. The SMILES string of the molecule is COC(=O)C1C(OC(=O)c2ccccc2)CC2CCC1N2C.COC(=O)C1C(OC(=O)c2ccccc2)CC2CCC1N2C.COC(=O)C1C(OC(=O)c2ccccc2)CC2CCC1N2C.O=C([O-])CCCCCCCCC(=O)[O-].O=C([O-])CCCCCCCCC(=O)[O-].[Co+2].[Co+2].[Co+2].[N-]=C=S.[N-]=C=S. The summed E-state index contributed by atoms with van der Waals surface area (Å²) in [7, 11) is 10.3. The number of fused-ring (bicyclic) bond motifs is 6. The molecule has 0 N–H and O–H groups in total. The molecule has 0 aromatic heterocycles. The number of isothiocyanates is 2. The van der Waals surface area contributed by atoms with Crippen molar-refractivity contribution in [1.29, 1.82) is 0 Å². The van der Waals surface area contributed by atoms with E-state index in [1.165, 1.54) is 31.7 Å². The van der Waals surface area contributed by atoms with Crippen LogP contribution in [-0.4, -0.2) is 182 Å². The molecule has 12 atom stereocenters. The smallest absolute Gasteiger partial charge is 0.753 e. The number of piperidine rings is 3. The largest absolute Gasteiger partial charge is 2.00 e. The second-order valence-corrected chi connectivity index (χ2v) is 25.5. The first kappa shape index (κ1) is 96.4. The van der Waals surface area contributed by atoms with Crippen LogP contribution >= 0.6 is 24.4 Å². The Morgan fingerprint density at radius 3 is 0.757 bits per heavy atom. The molecule has 6 saturated heterocycles. The van der Waals surface area contributed by atoms with Gasteiger partial charge in [-0.3, -0.25) is 29.1 Å². The maximum Gasteiger partial charge on any atom is 2.00 e. The minimum absolute atomic E-state index is 0. The number of carbonyl (C=O) groups is 10. The summed E-state index contributed by atoms with van der Waals surface area (Å²) < 4.78 is 31.9. The van der Waals surface area contributed by atoms with Crippen LogP contribution in [0, 0.1) is 17.8 Å². The number of thiocarbonyl (C=S) groups is 2. The van der Waals surface area contributed by atoms with Crippen LogP contribution in [0.15, 0.2) is 91.0 Å². The summed E-state index contributed by atoms with van der Waals surface area (Å²) in [4.78, 5) is 120. The maximum absolute atomic E-state index is 12.3. The van der Waals surface area contributed by atoms with Crippen LogP contribution in [0.1, 0.15) is 192 Å². The van der Waals surface area contributed by atoms with Crippen LogP contribution in [0.25, 0.3) is 10.8 Å². The molecular weight excluding hydrogens is 1510 g/mol. The Morgan fingerprint density at radius 2 is 0.573 bits per heavy atom. The fraction of sp³-hybridized carbons (Fsp3) is 0.589. The Morgan fingerprint density at radius 1 is 0.379 bits per heavy atom. The molecule has 9 rings (SSSR count). The third-order valence-corrected chi connectivity index (χ3v) is 18.9. The summed E-state index contributed by atoms with van der Waals surface area (Å²) in [5.74, 6) is -7.18. The first-order valence-electron chi connectivity index (χ1n) is 33.9. The van der Waals surface area contributed by atoms with Crippen molar-refractivity contribution in [3.63, 3.8) is 0 Å². The number of methoxy groups -OCH3 is 3. The van der Waals surface area contributed by atoms with E-state index in [2.05, 4.69) is 39.1 Å². The molecule has 103 heavy (non-hydrogen) atoms. The van der Waals surface area contributed by atoms with E-state index < -0.39 is 59.9 Å². The van der Waals surface area contributed by atoms with Gasteiger partial charge in [0.25, 0.3) is 0 Å². The Kier molecular flexibility index (Phi) is 50.5. The molecule has 3 aromatic rings. The summed E-state index contributed by atoms with van der Waals surface area (Å²) in [5, 5.41) is 57.0. The van der Waals surface area contributed by atoms with Crippen molar-refractivity contribution in [2.24, 2.45) is 17.8 Å². The molecule has 0 saturated carbocycles. The summed E-state index contributed by atoms with van der Waals surface area (Å²) in [6.45, 7) is 0. The van der Waals surface area contributed by atoms with Crippen molar-refractivity contribution in [3.8, 4) is 0 Å². The molecule has 3 radical (unpaired) electrons. The molecule has 6 fully saturated rings. The molecule has 12 unspecified atom stereocenters. The van der Waals surface area contributed by atoms with Gasteiger partial charge in [-0.25, -0.2) is 14.4 Å². The van der Waals surface area contributed by atoms with E-state index in [0.29, 0.717) is 79.8 Å². The van der Waals surface area contributed by atoms with Gasteiger partial charge in [-0.05, 0) is 147 Å². The number of benzene rings is 3. The third-order valence-electron chi connectivity index (χ3n) is 18.9. The second kappa shape index (κ2) is 54.0. The zero-order valence-electron chi connectivity index (χ0n) is 59.0. The van der Waals surface area contributed by atoms with Gasteiger partial charge in [0.05, 0.1) is 38.0 Å². The standard InChI is InChI=1S/3C17H21NO4.2C10H18O4.2CNS.3Co/c3*1-18-12-8-9-13(18)15(17(20)21-2)14(10-12)22-16(19)11-6-4-3-5-7-11;2*11-9(12)7-5-3-1-2-4-6-8-10(13)14;2*2-1-3;;;/h3*3-7,12-15H,8-10H2,1-2H3;2*1-8H2,(H,11,12)(H,13,14);;;;;/q;;;;;2*-1;3*+2/p-4. The Hall–Kier alpha value is -6.64. The number of rotatable bonds is 27. The van der Waals surface area contributed by atoms with Crippen LogP contribution in [-0.2, 0) is 112 Å². The van der Waals surface area contributed by atoms with E-state index >= 15 is 0 Å². The molecule has 6 heterocycles. The van der Waals surface area contributed by atoms with Crippen LogP contribution < -0.4 is 20.4 Å². The number of ether oxygens (including phenoxy) is 6. The summed E-state index contributed by atoms with van der Waals surface area (Å²) in [6, 6.07) is 28.1. The number of hydrogen-bond acceptors (Lipinski definition) is 25. The van der Waals surface area contributed by atoms with E-state index in [1.807, 2.05) is 39.3 Å². The number of esters is 6. The van der Waals surface area contributed by atoms with Gasteiger partial charge in [0.15, 0.2) is 0 Å². The molecule has 0 amide bonds. The van der Waals surface area contributed by atoms with Crippen molar-refractivity contribution in [1.82, 2.24) is 14.7 Å². The monoisotopic (exact) mass is 1600 g/mol. The van der Waals surface area contributed by atoms with E-state index in [4.69, 9.17) is 39.2 Å². The molecule has 571 valence electrons. The maximum atomic E-state index is 12.3. The minimum Gasteiger partial charge on any atom is -0.753 e. The van der Waals surface area contributed by atoms with Gasteiger partial charge in [-0.15, -0.1) is 0 Å². The quantitative estimate of drug-likeness (QED) is 0.0272. The van der Waals surface area contributed by atoms with Crippen LogP contribution in [0.4, 0.5) is 0 Å². The third kappa shape index (κ3) is 34.0. The van der Waals surface area contributed by atoms with Gasteiger partial charge in [0.2, 0.25) is 0 Å². The molecule has 0 spiro atoms. The van der Waals surface area contributed by atoms with Gasteiger partial charge in [0, 0.05) is 79.4 Å². The number of unbranched alkanes of at least 4 members (excludes halogenated alkanes) is 10. The average Bonchev–Trinajstić information content (AvgIpc) is 1.69. The molecule has 30 heteroatoms. The predicted octanol–water partition coefficient (Wildman–Crippen LogP) is 6.13. The van der Waals surface area contributed by atoms with Crippen LogP contribution in [0.5, 0.6) is 0 Å². The molecule has 6 bridgehead atoms. The molecule has 6 aliphatic heterocycles. The molecule has 0 aliphatic carbocycles. The van der Waals surface area contributed by atoms with Gasteiger partial charge in [-0.2, -0.15) is 10.3 Å². The summed E-state index contributed by atoms with van der Waals surface area (Å²) >= 11 is 7.40. The van der Waals surface area contributed by atoms with E-state index in [0.717, 1.165) is 89.9 Å². The second-order valence-electron chi connectivity index (χ2n) is 25.1. The number of carbonyl (C=O) groups excluding carboxylic acids is 10. The number of carboxylic acid groups (broad SMARTS) is 4. The first-order chi connectivity index (χ1) is 47.9. The van der Waals surface area contributed by atoms with E-state index in [1.54, 1.807) is 72.8 Å². The van der Waals surface area contributed by atoms with E-state index in [-0.39, 0.29) is 130 Å². The van der Waals surface area contributed by atoms with Crippen LogP contribution in [0.3, 0.4) is 0 Å². The molecule has 25 nitrogen and oxygen atoms in total. The first-order valence-corrected chi connectivity index (χ1v) is 34.7. The van der Waals surface area contributed by atoms with Gasteiger partial charge < -0.3 is 78.8 Å². The van der Waals surface area contributed by atoms with Crippen molar-refractivity contribution in [2.75, 3.05) is 42.5 Å². The predicted molar refractivity (Wildman–Crippen MR) is 367 cm³/mol. The Labute approximate surface area is 645 Å². The molecule has 3 aromatic carbocycles. The zero-order chi connectivity index (χ0) is 74.1. The van der Waals surface area contributed by atoms with E-state index in [9.17, 15) is 68.4 Å². The average molecular weight is 1600 g/mol. The van der Waals surface area contributed by atoms with Crippen molar-refractivity contribution in [3.05, 3.63) is 119 Å².